The van der Waals surface area contributed by atoms with Gasteiger partial charge in [0.15, 0.2) is 0 Å². The van der Waals surface area contributed by atoms with Crippen LogP contribution in [0.1, 0.15) is 116 Å². The first kappa shape index (κ1) is 25.5. The second-order valence-corrected chi connectivity index (χ2v) is 9.46. The molecule has 0 heterocycles. The molecule has 0 aliphatic heterocycles. The fourth-order valence-electron chi connectivity index (χ4n) is 4.72. The molecule has 2 rings (SSSR count). The second kappa shape index (κ2) is 16.9. The van der Waals surface area contributed by atoms with Gasteiger partial charge in [-0.3, -0.25) is 0 Å². The van der Waals surface area contributed by atoms with Gasteiger partial charge in [-0.05, 0) is 36.6 Å². The second-order valence-electron chi connectivity index (χ2n) is 9.46. The molecule has 0 bridgehead atoms. The Balaban J connectivity index is 1.27. The highest BCUT2D eigenvalue weighted by Crippen LogP contribution is 2.28. The number of anilines is 1. The first-order valence-electron chi connectivity index (χ1n) is 13.1. The minimum Gasteiger partial charge on any atom is -0.508 e. The van der Waals surface area contributed by atoms with E-state index in [-0.39, 0.29) is 11.8 Å². The molecule has 1 aliphatic rings. The third-order valence-corrected chi connectivity index (χ3v) is 6.67. The number of phenols is 1. The van der Waals surface area contributed by atoms with Gasteiger partial charge in [-0.1, -0.05) is 109 Å². The molecular formula is C27H46N2O2. The van der Waals surface area contributed by atoms with Gasteiger partial charge in [0.25, 0.3) is 0 Å². The molecule has 0 spiro atoms. The van der Waals surface area contributed by atoms with Gasteiger partial charge in [0.2, 0.25) is 0 Å². The monoisotopic (exact) mass is 430 g/mol. The number of phenolic OH excluding ortho intramolecular Hbond substituents is 1. The predicted octanol–water partition coefficient (Wildman–Crippen LogP) is 8.17. The summed E-state index contributed by atoms with van der Waals surface area (Å²) in [4.78, 5) is 11.8. The van der Waals surface area contributed by atoms with Crippen molar-refractivity contribution in [2.45, 2.75) is 116 Å². The number of rotatable bonds is 16. The molecule has 4 nitrogen and oxygen atoms in total. The van der Waals surface area contributed by atoms with Gasteiger partial charge in [0, 0.05) is 12.2 Å². The Labute approximate surface area is 190 Å². The normalized spacial score (nSPS) is 14.5. The Hall–Kier alpha value is -1.71. The van der Waals surface area contributed by atoms with E-state index in [1.807, 2.05) is 0 Å². The van der Waals surface area contributed by atoms with Crippen molar-refractivity contribution in [3.05, 3.63) is 24.3 Å². The number of urea groups is 1. The van der Waals surface area contributed by atoms with Gasteiger partial charge in [-0.2, -0.15) is 0 Å². The van der Waals surface area contributed by atoms with Crippen molar-refractivity contribution in [1.29, 1.82) is 0 Å². The molecule has 1 fully saturated rings. The molecule has 1 aliphatic carbocycles. The summed E-state index contributed by atoms with van der Waals surface area (Å²) in [6.07, 6.45) is 25.1. The molecule has 0 saturated heterocycles. The van der Waals surface area contributed by atoms with Crippen molar-refractivity contribution in [3.63, 3.8) is 0 Å². The van der Waals surface area contributed by atoms with Crippen LogP contribution in [0.4, 0.5) is 10.5 Å². The summed E-state index contributed by atoms with van der Waals surface area (Å²) in [6, 6.07) is 6.32. The quantitative estimate of drug-likeness (QED) is 0.183. The zero-order valence-corrected chi connectivity index (χ0v) is 19.7. The van der Waals surface area contributed by atoms with Crippen LogP contribution in [0.15, 0.2) is 24.3 Å². The number of benzene rings is 1. The summed E-state index contributed by atoms with van der Waals surface area (Å²) in [5, 5.41) is 14.9. The molecule has 1 saturated carbocycles. The van der Waals surface area contributed by atoms with Gasteiger partial charge < -0.3 is 15.7 Å². The lowest BCUT2D eigenvalue weighted by Crippen LogP contribution is -2.29. The van der Waals surface area contributed by atoms with E-state index in [9.17, 15) is 9.90 Å². The van der Waals surface area contributed by atoms with Gasteiger partial charge >= 0.3 is 6.03 Å². The van der Waals surface area contributed by atoms with Crippen molar-refractivity contribution in [3.8, 4) is 5.75 Å². The average Bonchev–Trinajstić information content (AvgIpc) is 2.78. The summed E-state index contributed by atoms with van der Waals surface area (Å²) in [6.45, 7) is 0.713. The van der Waals surface area contributed by atoms with Gasteiger partial charge in [0.05, 0.1) is 0 Å². The van der Waals surface area contributed by atoms with Crippen LogP contribution in [0.3, 0.4) is 0 Å². The molecule has 176 valence electrons. The zero-order chi connectivity index (χ0) is 22.0. The molecule has 2 amide bonds. The molecule has 3 N–H and O–H groups in total. The third kappa shape index (κ3) is 13.3. The van der Waals surface area contributed by atoms with Crippen LogP contribution in [-0.2, 0) is 0 Å². The lowest BCUT2D eigenvalue weighted by Gasteiger charge is -2.21. The molecule has 0 atom stereocenters. The minimum absolute atomic E-state index is 0.181. The van der Waals surface area contributed by atoms with Crippen LogP contribution in [0.2, 0.25) is 0 Å². The minimum atomic E-state index is -0.181. The van der Waals surface area contributed by atoms with E-state index in [1.54, 1.807) is 24.3 Å². The van der Waals surface area contributed by atoms with E-state index in [0.717, 1.165) is 12.3 Å². The van der Waals surface area contributed by atoms with E-state index >= 15 is 0 Å². The highest BCUT2D eigenvalue weighted by atomic mass is 16.3. The van der Waals surface area contributed by atoms with E-state index in [2.05, 4.69) is 10.6 Å². The number of unbranched alkanes of at least 4 members (excludes halogenated alkanes) is 11. The van der Waals surface area contributed by atoms with Gasteiger partial charge in [-0.25, -0.2) is 4.79 Å². The van der Waals surface area contributed by atoms with Crippen LogP contribution in [-0.4, -0.2) is 17.7 Å². The van der Waals surface area contributed by atoms with Gasteiger partial charge in [0.1, 0.15) is 5.75 Å². The lowest BCUT2D eigenvalue weighted by molar-refractivity contribution is 0.252. The zero-order valence-electron chi connectivity index (χ0n) is 19.7. The Kier molecular flexibility index (Phi) is 13.9. The van der Waals surface area contributed by atoms with Crippen molar-refractivity contribution in [1.82, 2.24) is 5.32 Å². The Bertz CT molecular complexity index is 567. The fraction of sp³-hybridized carbons (Fsp3) is 0.741. The number of carbonyl (C=O) groups is 1. The van der Waals surface area contributed by atoms with Crippen molar-refractivity contribution < 1.29 is 9.90 Å². The van der Waals surface area contributed by atoms with E-state index in [0.29, 0.717) is 12.2 Å². The van der Waals surface area contributed by atoms with Crippen LogP contribution < -0.4 is 10.6 Å². The molecule has 0 unspecified atom stereocenters. The number of amides is 2. The van der Waals surface area contributed by atoms with Crippen molar-refractivity contribution in [2.24, 2.45) is 5.92 Å². The van der Waals surface area contributed by atoms with Crippen LogP contribution >= 0.6 is 0 Å². The number of hydrogen-bond acceptors (Lipinski definition) is 2. The average molecular weight is 431 g/mol. The predicted molar refractivity (Wildman–Crippen MR) is 132 cm³/mol. The molecule has 1 aromatic rings. The molecule has 1 aromatic carbocycles. The standard InChI is InChI=1S/C27H46N2O2/c30-26-21-19-25(20-22-26)29-27(31)28-23-15-10-8-6-4-2-1-3-5-7-9-12-16-24-17-13-11-14-18-24/h19-22,24,30H,1-18,23H2,(H2,28,29,31). The van der Waals surface area contributed by atoms with Crippen LogP contribution in [0, 0.1) is 5.92 Å². The number of aromatic hydroxyl groups is 1. The number of hydrogen-bond donors (Lipinski definition) is 3. The highest BCUT2D eigenvalue weighted by Gasteiger charge is 2.12. The highest BCUT2D eigenvalue weighted by molar-refractivity contribution is 5.89. The summed E-state index contributed by atoms with van der Waals surface area (Å²) in [5.74, 6) is 1.26. The molecule has 0 aromatic heterocycles. The fourth-order valence-corrected chi connectivity index (χ4v) is 4.72. The topological polar surface area (TPSA) is 61.4 Å². The van der Waals surface area contributed by atoms with Crippen molar-refractivity contribution >= 4 is 11.7 Å². The maximum atomic E-state index is 11.8. The lowest BCUT2D eigenvalue weighted by atomic mass is 9.85. The molecule has 31 heavy (non-hydrogen) atoms. The first-order chi connectivity index (χ1) is 15.2. The largest absolute Gasteiger partial charge is 0.508 e. The number of nitrogens with one attached hydrogen (secondary N) is 2. The van der Waals surface area contributed by atoms with E-state index in [4.69, 9.17) is 0 Å². The van der Waals surface area contributed by atoms with Crippen LogP contribution in [0.25, 0.3) is 0 Å². The SMILES string of the molecule is O=C(NCCCCCCCCCCCCCCC1CCCCC1)Nc1ccc(O)cc1. The van der Waals surface area contributed by atoms with Crippen molar-refractivity contribution in [2.75, 3.05) is 11.9 Å². The summed E-state index contributed by atoms with van der Waals surface area (Å²) in [5.41, 5.74) is 0.690. The van der Waals surface area contributed by atoms with Crippen LogP contribution in [0.5, 0.6) is 5.75 Å². The smallest absolute Gasteiger partial charge is 0.319 e. The third-order valence-electron chi connectivity index (χ3n) is 6.67. The number of carbonyl (C=O) groups excluding carboxylic acids is 1. The molecule has 0 radical (unpaired) electrons. The Morgan fingerprint density at radius 3 is 1.84 bits per heavy atom. The van der Waals surface area contributed by atoms with E-state index in [1.165, 1.54) is 109 Å². The summed E-state index contributed by atoms with van der Waals surface area (Å²) in [7, 11) is 0. The first-order valence-corrected chi connectivity index (χ1v) is 13.1. The summed E-state index contributed by atoms with van der Waals surface area (Å²) >= 11 is 0. The maximum absolute atomic E-state index is 11.8. The summed E-state index contributed by atoms with van der Waals surface area (Å²) < 4.78 is 0. The molecular weight excluding hydrogens is 384 g/mol. The maximum Gasteiger partial charge on any atom is 0.319 e. The van der Waals surface area contributed by atoms with Gasteiger partial charge in [-0.15, -0.1) is 0 Å². The Morgan fingerprint density at radius 1 is 0.742 bits per heavy atom. The van der Waals surface area contributed by atoms with E-state index < -0.39 is 0 Å². The molecule has 4 heteroatoms. The Morgan fingerprint density at radius 2 is 1.26 bits per heavy atom.